The molecule has 0 amide bonds. The van der Waals surface area contributed by atoms with Crippen LogP contribution in [0, 0.1) is 0 Å². The zero-order valence-electron chi connectivity index (χ0n) is 9.16. The highest BCUT2D eigenvalue weighted by Gasteiger charge is 2.28. The third-order valence-electron chi connectivity index (χ3n) is 2.83. The lowest BCUT2D eigenvalue weighted by atomic mass is 9.89. The van der Waals surface area contributed by atoms with E-state index in [1.165, 1.54) is 0 Å². The molecule has 2 rings (SSSR count). The van der Waals surface area contributed by atoms with Gasteiger partial charge in [0.15, 0.2) is 0 Å². The average Bonchev–Trinajstić information content (AvgIpc) is 2.23. The first-order valence-corrected chi connectivity index (χ1v) is 5.24. The van der Waals surface area contributed by atoms with Crippen molar-refractivity contribution in [1.82, 2.24) is 4.98 Å². The van der Waals surface area contributed by atoms with Gasteiger partial charge >= 0.3 is 0 Å². The van der Waals surface area contributed by atoms with Crippen LogP contribution in [0.3, 0.4) is 0 Å². The van der Waals surface area contributed by atoms with Gasteiger partial charge < -0.3 is 15.4 Å². The van der Waals surface area contributed by atoms with Gasteiger partial charge in [0.25, 0.3) is 0 Å². The van der Waals surface area contributed by atoms with Crippen molar-refractivity contribution in [2.45, 2.75) is 25.0 Å². The Labute approximate surface area is 90.0 Å². The van der Waals surface area contributed by atoms with E-state index in [-0.39, 0.29) is 0 Å². The molecule has 0 aliphatic heterocycles. The molecule has 2 N–H and O–H groups in total. The molecule has 1 aliphatic carbocycles. The lowest BCUT2D eigenvalue weighted by Crippen LogP contribution is -2.40. The highest BCUT2D eigenvalue weighted by atomic mass is 16.5. The lowest BCUT2D eigenvalue weighted by molar-refractivity contribution is 0.0328. The molecular formula is C11H17N3O. The van der Waals surface area contributed by atoms with Crippen molar-refractivity contribution >= 4 is 11.4 Å². The predicted octanol–water partition coefficient (Wildman–Crippen LogP) is 1.71. The second-order valence-electron chi connectivity index (χ2n) is 3.88. The van der Waals surface area contributed by atoms with E-state index in [0.717, 1.165) is 24.2 Å². The van der Waals surface area contributed by atoms with Crippen LogP contribution in [0.25, 0.3) is 0 Å². The highest BCUT2D eigenvalue weighted by Crippen LogP contribution is 2.26. The van der Waals surface area contributed by atoms with Crippen LogP contribution in [0.5, 0.6) is 0 Å². The number of ether oxygens (including phenoxy) is 1. The Morgan fingerprint density at radius 1 is 1.33 bits per heavy atom. The summed E-state index contributed by atoms with van der Waals surface area (Å²) in [5, 5.41) is 6.50. The summed E-state index contributed by atoms with van der Waals surface area (Å²) in [6.45, 7) is 0. The number of hydrogen-bond donors (Lipinski definition) is 2. The smallest absolute Gasteiger partial charge is 0.0610 e. The molecule has 0 radical (unpaired) electrons. The van der Waals surface area contributed by atoms with E-state index in [1.807, 2.05) is 19.4 Å². The third kappa shape index (κ3) is 2.39. The molecule has 1 aliphatic rings. The number of pyridine rings is 1. The second-order valence-corrected chi connectivity index (χ2v) is 3.88. The summed E-state index contributed by atoms with van der Waals surface area (Å²) in [7, 11) is 3.66. The van der Waals surface area contributed by atoms with Gasteiger partial charge in [0.2, 0.25) is 0 Å². The molecule has 1 heterocycles. The van der Waals surface area contributed by atoms with Gasteiger partial charge in [-0.3, -0.25) is 4.98 Å². The molecule has 0 spiro atoms. The van der Waals surface area contributed by atoms with Crippen LogP contribution in [-0.4, -0.2) is 31.3 Å². The van der Waals surface area contributed by atoms with Crippen molar-refractivity contribution < 1.29 is 4.74 Å². The van der Waals surface area contributed by atoms with Crippen LogP contribution in [0.15, 0.2) is 18.5 Å². The molecule has 1 saturated carbocycles. The number of nitrogens with zero attached hydrogens (tertiary/aromatic N) is 1. The Hall–Kier alpha value is -1.29. The van der Waals surface area contributed by atoms with Crippen molar-refractivity contribution in [2.24, 2.45) is 0 Å². The molecule has 0 aromatic carbocycles. The summed E-state index contributed by atoms with van der Waals surface area (Å²) < 4.78 is 5.23. The van der Waals surface area contributed by atoms with Gasteiger partial charge in [0.1, 0.15) is 0 Å². The Morgan fingerprint density at radius 2 is 2.07 bits per heavy atom. The molecule has 4 heteroatoms. The molecule has 1 aromatic rings. The maximum Gasteiger partial charge on any atom is 0.0610 e. The summed E-state index contributed by atoms with van der Waals surface area (Å²) in [6, 6.07) is 2.59. The molecule has 0 bridgehead atoms. The summed E-state index contributed by atoms with van der Waals surface area (Å²) in [4.78, 5) is 4.15. The first kappa shape index (κ1) is 10.2. The minimum absolute atomic E-state index is 0.433. The van der Waals surface area contributed by atoms with Crippen LogP contribution in [0.4, 0.5) is 11.4 Å². The standard InChI is InChI=1S/C11H17N3O/c1-12-9-3-10(7-13-6-9)14-8-4-11(5-8)15-2/h3,6-8,11-12,14H,4-5H2,1-2H3. The summed E-state index contributed by atoms with van der Waals surface area (Å²) in [5.41, 5.74) is 2.10. The predicted molar refractivity (Wildman–Crippen MR) is 61.2 cm³/mol. The van der Waals surface area contributed by atoms with Gasteiger partial charge in [-0.2, -0.15) is 0 Å². The van der Waals surface area contributed by atoms with E-state index >= 15 is 0 Å². The molecule has 0 unspecified atom stereocenters. The Balaban J connectivity index is 1.88. The highest BCUT2D eigenvalue weighted by molar-refractivity contribution is 5.54. The largest absolute Gasteiger partial charge is 0.387 e. The molecule has 1 fully saturated rings. The van der Waals surface area contributed by atoms with Crippen molar-refractivity contribution in [2.75, 3.05) is 24.8 Å². The fourth-order valence-electron chi connectivity index (χ4n) is 1.77. The SMILES string of the molecule is CNc1cncc(NC2CC(OC)C2)c1. The zero-order chi connectivity index (χ0) is 10.7. The molecule has 1 aromatic heterocycles. The van der Waals surface area contributed by atoms with E-state index in [9.17, 15) is 0 Å². The molecule has 15 heavy (non-hydrogen) atoms. The zero-order valence-corrected chi connectivity index (χ0v) is 9.16. The van der Waals surface area contributed by atoms with Crippen LogP contribution < -0.4 is 10.6 Å². The summed E-state index contributed by atoms with van der Waals surface area (Å²) in [6.07, 6.45) is 6.26. The maximum atomic E-state index is 5.23. The number of rotatable bonds is 4. The molecular weight excluding hydrogens is 190 g/mol. The fraction of sp³-hybridized carbons (Fsp3) is 0.545. The van der Waals surface area contributed by atoms with Gasteiger partial charge in [0, 0.05) is 20.2 Å². The molecule has 4 nitrogen and oxygen atoms in total. The van der Waals surface area contributed by atoms with E-state index in [1.54, 1.807) is 7.11 Å². The number of hydrogen-bond acceptors (Lipinski definition) is 4. The van der Waals surface area contributed by atoms with E-state index < -0.39 is 0 Å². The van der Waals surface area contributed by atoms with E-state index in [0.29, 0.717) is 12.1 Å². The quantitative estimate of drug-likeness (QED) is 0.789. The van der Waals surface area contributed by atoms with Crippen LogP contribution in [-0.2, 0) is 4.74 Å². The number of aromatic nitrogens is 1. The first-order valence-electron chi connectivity index (χ1n) is 5.24. The molecule has 82 valence electrons. The lowest BCUT2D eigenvalue weighted by Gasteiger charge is -2.35. The van der Waals surface area contributed by atoms with Crippen molar-refractivity contribution in [1.29, 1.82) is 0 Å². The minimum atomic E-state index is 0.433. The third-order valence-corrected chi connectivity index (χ3v) is 2.83. The van der Waals surface area contributed by atoms with Crippen LogP contribution in [0.2, 0.25) is 0 Å². The van der Waals surface area contributed by atoms with Crippen LogP contribution in [0.1, 0.15) is 12.8 Å². The van der Waals surface area contributed by atoms with Gasteiger partial charge in [0.05, 0.1) is 29.9 Å². The van der Waals surface area contributed by atoms with Gasteiger partial charge in [-0.1, -0.05) is 0 Å². The number of nitrogens with one attached hydrogen (secondary N) is 2. The normalized spacial score (nSPS) is 24.4. The summed E-state index contributed by atoms with van der Waals surface area (Å²) in [5.74, 6) is 0. The summed E-state index contributed by atoms with van der Waals surface area (Å²) >= 11 is 0. The topological polar surface area (TPSA) is 46.2 Å². The Morgan fingerprint density at radius 3 is 2.73 bits per heavy atom. The van der Waals surface area contributed by atoms with Gasteiger partial charge in [-0.05, 0) is 18.9 Å². The van der Waals surface area contributed by atoms with Crippen molar-refractivity contribution in [3.8, 4) is 0 Å². The monoisotopic (exact) mass is 207 g/mol. The van der Waals surface area contributed by atoms with Crippen molar-refractivity contribution in [3.63, 3.8) is 0 Å². The first-order chi connectivity index (χ1) is 7.31. The Kier molecular flexibility index (Phi) is 3.06. The molecule has 0 atom stereocenters. The van der Waals surface area contributed by atoms with Crippen LogP contribution >= 0.6 is 0 Å². The number of methoxy groups -OCH3 is 1. The Bertz CT molecular complexity index is 323. The molecule has 0 saturated heterocycles. The fourth-order valence-corrected chi connectivity index (χ4v) is 1.77. The van der Waals surface area contributed by atoms with Gasteiger partial charge in [-0.25, -0.2) is 0 Å². The van der Waals surface area contributed by atoms with E-state index in [2.05, 4.69) is 21.7 Å². The maximum absolute atomic E-state index is 5.23. The minimum Gasteiger partial charge on any atom is -0.387 e. The number of anilines is 2. The second kappa shape index (κ2) is 4.49. The average molecular weight is 207 g/mol. The van der Waals surface area contributed by atoms with E-state index in [4.69, 9.17) is 4.74 Å². The van der Waals surface area contributed by atoms with Gasteiger partial charge in [-0.15, -0.1) is 0 Å². The van der Waals surface area contributed by atoms with Crippen molar-refractivity contribution in [3.05, 3.63) is 18.5 Å².